The lowest BCUT2D eigenvalue weighted by Crippen LogP contribution is -1.91. The highest BCUT2D eigenvalue weighted by molar-refractivity contribution is 5.80. The van der Waals surface area contributed by atoms with Gasteiger partial charge < -0.3 is 0 Å². The molecule has 0 radical (unpaired) electrons. The van der Waals surface area contributed by atoms with Crippen LogP contribution in [0.1, 0.15) is 30.7 Å². The molecule has 0 fully saturated rings. The molecule has 0 atom stereocenters. The zero-order valence-electron chi connectivity index (χ0n) is 10.8. The second-order valence-corrected chi connectivity index (χ2v) is 4.02. The van der Waals surface area contributed by atoms with Crippen molar-refractivity contribution in [3.63, 3.8) is 0 Å². The van der Waals surface area contributed by atoms with Gasteiger partial charge in [-0.25, -0.2) is 0 Å². The molecule has 92 valence electrons. The molecule has 0 spiro atoms. The van der Waals surface area contributed by atoms with E-state index >= 15 is 0 Å². The van der Waals surface area contributed by atoms with Crippen LogP contribution in [-0.2, 0) is 12.8 Å². The van der Waals surface area contributed by atoms with Crippen molar-refractivity contribution in [2.45, 2.75) is 26.7 Å². The number of aromatic nitrogens is 2. The fraction of sp³-hybridized carbons (Fsp3) is 0.267. The van der Waals surface area contributed by atoms with Crippen LogP contribution in [0, 0.1) is 0 Å². The van der Waals surface area contributed by atoms with Gasteiger partial charge in [-0.2, -0.15) is 0 Å². The van der Waals surface area contributed by atoms with Crippen molar-refractivity contribution in [2.24, 2.45) is 4.99 Å². The van der Waals surface area contributed by atoms with Gasteiger partial charge >= 0.3 is 0 Å². The van der Waals surface area contributed by atoms with Crippen LogP contribution in [-0.4, -0.2) is 16.2 Å². The molecule has 0 saturated carbocycles. The molecule has 18 heavy (non-hydrogen) atoms. The first kappa shape index (κ1) is 12.4. The lowest BCUT2D eigenvalue weighted by molar-refractivity contribution is 1.08. The number of hydrogen-bond acceptors (Lipinski definition) is 3. The Balaban J connectivity index is 2.36. The molecule has 0 N–H and O–H groups in total. The van der Waals surface area contributed by atoms with E-state index in [9.17, 15) is 0 Å². The molecule has 2 aromatic rings. The normalized spacial score (nSPS) is 11.0. The number of para-hydroxylation sites is 1. The van der Waals surface area contributed by atoms with E-state index in [1.54, 1.807) is 24.8 Å². The summed E-state index contributed by atoms with van der Waals surface area (Å²) in [6, 6.07) is 6.35. The third-order valence-electron chi connectivity index (χ3n) is 2.87. The third-order valence-corrected chi connectivity index (χ3v) is 2.87. The maximum atomic E-state index is 4.59. The molecule has 0 amide bonds. The highest BCUT2D eigenvalue weighted by atomic mass is 14.8. The van der Waals surface area contributed by atoms with Gasteiger partial charge in [0, 0.05) is 12.4 Å². The first-order valence-electron chi connectivity index (χ1n) is 6.26. The molecule has 0 bridgehead atoms. The molecular weight excluding hydrogens is 222 g/mol. The molecule has 0 unspecified atom stereocenters. The van der Waals surface area contributed by atoms with Crippen LogP contribution in [0.4, 0.5) is 5.69 Å². The second-order valence-electron chi connectivity index (χ2n) is 4.02. The van der Waals surface area contributed by atoms with Crippen LogP contribution in [0.2, 0.25) is 0 Å². The summed E-state index contributed by atoms with van der Waals surface area (Å²) in [5, 5.41) is 0. The summed E-state index contributed by atoms with van der Waals surface area (Å²) in [5.41, 5.74) is 4.41. The maximum Gasteiger partial charge on any atom is 0.0995 e. The van der Waals surface area contributed by atoms with E-state index in [1.165, 1.54) is 11.1 Å². The van der Waals surface area contributed by atoms with Crippen LogP contribution in [0.5, 0.6) is 0 Å². The van der Waals surface area contributed by atoms with E-state index in [2.05, 4.69) is 47.0 Å². The SMILES string of the molecule is CCc1cccc(CC)c1/N=C/c1cnccn1. The van der Waals surface area contributed by atoms with E-state index in [0.29, 0.717) is 0 Å². The first-order chi connectivity index (χ1) is 8.85. The van der Waals surface area contributed by atoms with Gasteiger partial charge in [-0.1, -0.05) is 32.0 Å². The highest BCUT2D eigenvalue weighted by Crippen LogP contribution is 2.25. The van der Waals surface area contributed by atoms with Crippen molar-refractivity contribution >= 4 is 11.9 Å². The van der Waals surface area contributed by atoms with Gasteiger partial charge in [0.05, 0.1) is 23.8 Å². The Morgan fingerprint density at radius 1 is 1.11 bits per heavy atom. The van der Waals surface area contributed by atoms with Crippen molar-refractivity contribution in [2.75, 3.05) is 0 Å². The monoisotopic (exact) mass is 239 g/mol. The minimum Gasteiger partial charge on any atom is -0.261 e. The highest BCUT2D eigenvalue weighted by Gasteiger charge is 2.03. The van der Waals surface area contributed by atoms with Gasteiger partial charge in [0.25, 0.3) is 0 Å². The van der Waals surface area contributed by atoms with Crippen LogP contribution in [0.25, 0.3) is 0 Å². The summed E-state index contributed by atoms with van der Waals surface area (Å²) in [5.74, 6) is 0. The van der Waals surface area contributed by atoms with Gasteiger partial charge in [0.2, 0.25) is 0 Å². The largest absolute Gasteiger partial charge is 0.261 e. The van der Waals surface area contributed by atoms with Crippen molar-refractivity contribution in [1.82, 2.24) is 9.97 Å². The summed E-state index contributed by atoms with van der Waals surface area (Å²) >= 11 is 0. The van der Waals surface area contributed by atoms with Crippen molar-refractivity contribution < 1.29 is 0 Å². The zero-order valence-corrected chi connectivity index (χ0v) is 10.8. The number of rotatable bonds is 4. The molecule has 0 aliphatic carbocycles. The Kier molecular flexibility index (Phi) is 4.18. The van der Waals surface area contributed by atoms with Gasteiger partial charge in [-0.15, -0.1) is 0 Å². The van der Waals surface area contributed by atoms with Crippen LogP contribution < -0.4 is 0 Å². The van der Waals surface area contributed by atoms with Crippen molar-refractivity contribution in [1.29, 1.82) is 0 Å². The van der Waals surface area contributed by atoms with Crippen LogP contribution >= 0.6 is 0 Å². The average molecular weight is 239 g/mol. The molecule has 0 saturated heterocycles. The molecule has 1 aromatic carbocycles. The molecular formula is C15H17N3. The minimum absolute atomic E-state index is 0.783. The van der Waals surface area contributed by atoms with Crippen molar-refractivity contribution in [3.05, 3.63) is 53.6 Å². The Labute approximate surface area is 108 Å². The Bertz CT molecular complexity index is 510. The van der Waals surface area contributed by atoms with Gasteiger partial charge in [-0.05, 0) is 24.0 Å². The predicted octanol–water partition coefficient (Wildman–Crippen LogP) is 3.35. The third kappa shape index (κ3) is 2.80. The molecule has 3 nitrogen and oxygen atoms in total. The minimum atomic E-state index is 0.783. The number of aryl methyl sites for hydroxylation is 2. The molecule has 1 heterocycles. The van der Waals surface area contributed by atoms with Crippen molar-refractivity contribution in [3.8, 4) is 0 Å². The van der Waals surface area contributed by atoms with Gasteiger partial charge in [0.15, 0.2) is 0 Å². The Morgan fingerprint density at radius 2 is 1.83 bits per heavy atom. The summed E-state index contributed by atoms with van der Waals surface area (Å²) in [7, 11) is 0. The van der Waals surface area contributed by atoms with E-state index < -0.39 is 0 Å². The second kappa shape index (κ2) is 6.05. The fourth-order valence-electron chi connectivity index (χ4n) is 1.89. The molecule has 1 aromatic heterocycles. The zero-order chi connectivity index (χ0) is 12.8. The van der Waals surface area contributed by atoms with Gasteiger partial charge in [0.1, 0.15) is 0 Å². The smallest absolute Gasteiger partial charge is 0.0995 e. The molecule has 0 aliphatic rings. The quantitative estimate of drug-likeness (QED) is 0.767. The number of aliphatic imine (C=N–C) groups is 1. The maximum absolute atomic E-state index is 4.59. The molecule has 2 rings (SSSR count). The number of benzene rings is 1. The lowest BCUT2D eigenvalue weighted by atomic mass is 10.0. The lowest BCUT2D eigenvalue weighted by Gasteiger charge is -2.07. The fourth-order valence-corrected chi connectivity index (χ4v) is 1.89. The summed E-state index contributed by atoms with van der Waals surface area (Å²) < 4.78 is 0. The molecule has 3 heteroatoms. The summed E-state index contributed by atoms with van der Waals surface area (Å²) in [6.07, 6.45) is 8.80. The van der Waals surface area contributed by atoms with Crippen LogP contribution in [0.3, 0.4) is 0 Å². The topological polar surface area (TPSA) is 38.1 Å². The molecule has 0 aliphatic heterocycles. The van der Waals surface area contributed by atoms with E-state index in [1.807, 2.05) is 0 Å². The number of nitrogens with zero attached hydrogens (tertiary/aromatic N) is 3. The summed E-state index contributed by atoms with van der Waals surface area (Å²) in [4.78, 5) is 12.8. The Hall–Kier alpha value is -2.03. The first-order valence-corrected chi connectivity index (χ1v) is 6.26. The van der Waals surface area contributed by atoms with E-state index in [0.717, 1.165) is 24.2 Å². The Morgan fingerprint density at radius 3 is 2.39 bits per heavy atom. The van der Waals surface area contributed by atoms with Gasteiger partial charge in [-0.3, -0.25) is 15.0 Å². The van der Waals surface area contributed by atoms with Crippen LogP contribution in [0.15, 0.2) is 41.8 Å². The van der Waals surface area contributed by atoms with E-state index in [-0.39, 0.29) is 0 Å². The average Bonchev–Trinajstić information content (AvgIpc) is 2.45. The summed E-state index contributed by atoms with van der Waals surface area (Å²) in [6.45, 7) is 4.30. The number of hydrogen-bond donors (Lipinski definition) is 0. The standard InChI is InChI=1S/C15H17N3/c1-3-12-6-5-7-13(4-2)15(12)18-11-14-10-16-8-9-17-14/h5-11H,3-4H2,1-2H3/b18-11+. The predicted molar refractivity (Wildman–Crippen MR) is 74.5 cm³/mol. The van der Waals surface area contributed by atoms with E-state index in [4.69, 9.17) is 0 Å².